The molecule has 11 heavy (non-hydrogen) atoms. The van der Waals surface area contributed by atoms with Gasteiger partial charge in [0.05, 0.1) is 0 Å². The van der Waals surface area contributed by atoms with Crippen molar-refractivity contribution in [2.75, 3.05) is 0 Å². The maximum Gasteiger partial charge on any atom is 0.151 e. The van der Waals surface area contributed by atoms with E-state index in [0.717, 1.165) is 18.4 Å². The predicted molar refractivity (Wildman–Crippen MR) is 45.6 cm³/mol. The van der Waals surface area contributed by atoms with E-state index in [9.17, 15) is 4.79 Å². The zero-order valence-electron chi connectivity index (χ0n) is 6.79. The molecule has 1 rings (SSSR count). The SMILES string of the molecule is [B]c1c(C)c(C=O)cn1CC. The van der Waals surface area contributed by atoms with Gasteiger partial charge in [0.1, 0.15) is 7.85 Å². The lowest BCUT2D eigenvalue weighted by molar-refractivity contribution is 0.112. The van der Waals surface area contributed by atoms with E-state index < -0.39 is 0 Å². The third-order valence-corrected chi connectivity index (χ3v) is 1.89. The van der Waals surface area contributed by atoms with Crippen LogP contribution < -0.4 is 5.59 Å². The zero-order valence-corrected chi connectivity index (χ0v) is 6.79. The van der Waals surface area contributed by atoms with Gasteiger partial charge >= 0.3 is 0 Å². The highest BCUT2D eigenvalue weighted by atomic mass is 16.1. The van der Waals surface area contributed by atoms with Gasteiger partial charge in [0.25, 0.3) is 0 Å². The molecule has 0 saturated heterocycles. The maximum atomic E-state index is 10.4. The second-order valence-electron chi connectivity index (χ2n) is 2.50. The average molecular weight is 147 g/mol. The Morgan fingerprint density at radius 1 is 1.73 bits per heavy atom. The van der Waals surface area contributed by atoms with E-state index in [-0.39, 0.29) is 0 Å². The van der Waals surface area contributed by atoms with Crippen molar-refractivity contribution < 1.29 is 4.79 Å². The summed E-state index contributed by atoms with van der Waals surface area (Å²) in [6.07, 6.45) is 2.61. The molecule has 0 aliphatic carbocycles. The fourth-order valence-corrected chi connectivity index (χ4v) is 1.08. The lowest BCUT2D eigenvalue weighted by Gasteiger charge is -2.00. The summed E-state index contributed by atoms with van der Waals surface area (Å²) in [6, 6.07) is 0. The van der Waals surface area contributed by atoms with Crippen molar-refractivity contribution in [2.45, 2.75) is 20.4 Å². The van der Waals surface area contributed by atoms with E-state index in [1.807, 2.05) is 18.4 Å². The van der Waals surface area contributed by atoms with Gasteiger partial charge in [-0.1, -0.05) is 0 Å². The van der Waals surface area contributed by atoms with E-state index in [0.29, 0.717) is 11.2 Å². The molecule has 0 fully saturated rings. The molecule has 1 aromatic rings. The summed E-state index contributed by atoms with van der Waals surface area (Å²) in [5.74, 6) is 0. The van der Waals surface area contributed by atoms with Crippen molar-refractivity contribution >= 4 is 19.7 Å². The van der Waals surface area contributed by atoms with Crippen LogP contribution in [-0.2, 0) is 6.54 Å². The van der Waals surface area contributed by atoms with Crippen molar-refractivity contribution in [1.29, 1.82) is 0 Å². The summed E-state index contributed by atoms with van der Waals surface area (Å²) < 4.78 is 1.86. The van der Waals surface area contributed by atoms with Crippen molar-refractivity contribution in [2.24, 2.45) is 0 Å². The topological polar surface area (TPSA) is 22.0 Å². The van der Waals surface area contributed by atoms with Crippen LogP contribution in [-0.4, -0.2) is 18.7 Å². The largest absolute Gasteiger partial charge is 0.361 e. The van der Waals surface area contributed by atoms with Gasteiger partial charge in [-0.05, 0) is 25.0 Å². The summed E-state index contributed by atoms with van der Waals surface area (Å²) in [5, 5.41) is 0. The number of carbonyl (C=O) groups excluding carboxylic acids is 1. The fraction of sp³-hybridized carbons (Fsp3) is 0.375. The van der Waals surface area contributed by atoms with Gasteiger partial charge in [0, 0.05) is 18.3 Å². The second kappa shape index (κ2) is 2.95. The van der Waals surface area contributed by atoms with E-state index in [2.05, 4.69) is 0 Å². The molecule has 0 aliphatic rings. The quantitative estimate of drug-likeness (QED) is 0.439. The molecule has 1 heterocycles. The molecule has 0 aliphatic heterocycles. The van der Waals surface area contributed by atoms with E-state index in [1.54, 1.807) is 6.20 Å². The summed E-state index contributed by atoms with van der Waals surface area (Å²) >= 11 is 0. The van der Waals surface area contributed by atoms with Crippen LogP contribution in [0.5, 0.6) is 0 Å². The minimum absolute atomic E-state index is 0.685. The minimum atomic E-state index is 0.685. The Labute approximate surface area is 67.6 Å². The van der Waals surface area contributed by atoms with Gasteiger partial charge in [0.15, 0.2) is 6.29 Å². The van der Waals surface area contributed by atoms with Gasteiger partial charge in [-0.15, -0.1) is 0 Å². The summed E-state index contributed by atoms with van der Waals surface area (Å²) in [6.45, 7) is 4.65. The van der Waals surface area contributed by atoms with E-state index >= 15 is 0 Å². The molecule has 56 valence electrons. The van der Waals surface area contributed by atoms with Crippen LogP contribution in [0.3, 0.4) is 0 Å². The fourth-order valence-electron chi connectivity index (χ4n) is 1.08. The number of aryl methyl sites for hydroxylation is 1. The molecule has 3 heteroatoms. The molecule has 0 N–H and O–H groups in total. The number of rotatable bonds is 2. The van der Waals surface area contributed by atoms with Crippen LogP contribution in [0.15, 0.2) is 6.20 Å². The number of aromatic nitrogens is 1. The zero-order chi connectivity index (χ0) is 8.43. The van der Waals surface area contributed by atoms with Crippen LogP contribution in [0.25, 0.3) is 0 Å². The highest BCUT2D eigenvalue weighted by Gasteiger charge is 2.04. The molecular weight excluding hydrogens is 137 g/mol. The first-order valence-corrected chi connectivity index (χ1v) is 3.61. The number of aldehydes is 1. The van der Waals surface area contributed by atoms with Crippen molar-refractivity contribution in [3.05, 3.63) is 17.3 Å². The second-order valence-corrected chi connectivity index (χ2v) is 2.50. The summed E-state index contributed by atoms with van der Waals surface area (Å²) in [7, 11) is 5.69. The van der Waals surface area contributed by atoms with Crippen LogP contribution >= 0.6 is 0 Å². The molecule has 2 nitrogen and oxygen atoms in total. The lowest BCUT2D eigenvalue weighted by Crippen LogP contribution is -2.17. The molecule has 0 aromatic carbocycles. The summed E-state index contributed by atoms with van der Waals surface area (Å²) in [5.41, 5.74) is 2.25. The van der Waals surface area contributed by atoms with Gasteiger partial charge in [0.2, 0.25) is 0 Å². The third-order valence-electron chi connectivity index (χ3n) is 1.89. The normalized spacial score (nSPS) is 10.0. The van der Waals surface area contributed by atoms with E-state index in [4.69, 9.17) is 7.85 Å². The molecule has 0 amide bonds. The number of hydrogen-bond acceptors (Lipinski definition) is 1. The Hall–Kier alpha value is -0.985. The van der Waals surface area contributed by atoms with Crippen LogP contribution in [0.4, 0.5) is 0 Å². The number of carbonyl (C=O) groups is 1. The average Bonchev–Trinajstić information content (AvgIpc) is 2.30. The molecule has 0 saturated carbocycles. The number of nitrogens with zero attached hydrogens (tertiary/aromatic N) is 1. The molecule has 0 spiro atoms. The lowest BCUT2D eigenvalue weighted by atomic mass is 9.98. The monoisotopic (exact) mass is 147 g/mol. The Kier molecular flexibility index (Phi) is 2.18. The highest BCUT2D eigenvalue weighted by molar-refractivity contribution is 6.32. The van der Waals surface area contributed by atoms with Crippen molar-refractivity contribution in [3.8, 4) is 0 Å². The van der Waals surface area contributed by atoms with Crippen LogP contribution in [0.1, 0.15) is 22.8 Å². The van der Waals surface area contributed by atoms with Crippen LogP contribution in [0.2, 0.25) is 0 Å². The molecule has 0 bridgehead atoms. The predicted octanol–water partition coefficient (Wildman–Crippen LogP) is 0.423. The Balaban J connectivity index is 3.22. The Morgan fingerprint density at radius 3 is 2.64 bits per heavy atom. The first kappa shape index (κ1) is 8.11. The maximum absolute atomic E-state index is 10.4. The molecule has 0 unspecified atom stereocenters. The smallest absolute Gasteiger partial charge is 0.151 e. The molecule has 1 aromatic heterocycles. The van der Waals surface area contributed by atoms with E-state index in [1.165, 1.54) is 0 Å². The highest BCUT2D eigenvalue weighted by Crippen LogP contribution is 2.02. The summed E-state index contributed by atoms with van der Waals surface area (Å²) in [4.78, 5) is 10.4. The third kappa shape index (κ3) is 1.23. The van der Waals surface area contributed by atoms with Gasteiger partial charge in [-0.25, -0.2) is 0 Å². The molecule has 2 radical (unpaired) electrons. The Bertz CT molecular complexity index is 278. The van der Waals surface area contributed by atoms with Gasteiger partial charge < -0.3 is 4.57 Å². The van der Waals surface area contributed by atoms with Crippen molar-refractivity contribution in [1.82, 2.24) is 4.57 Å². The number of hydrogen-bond donors (Lipinski definition) is 0. The molecule has 0 atom stereocenters. The first-order chi connectivity index (χ1) is 5.20. The first-order valence-electron chi connectivity index (χ1n) is 3.61. The Morgan fingerprint density at radius 2 is 2.36 bits per heavy atom. The van der Waals surface area contributed by atoms with Gasteiger partial charge in [-0.3, -0.25) is 4.79 Å². The standard InChI is InChI=1S/C8H10BNO/c1-3-10-4-7(5-11)6(2)8(10)9/h4-5H,3H2,1-2H3. The minimum Gasteiger partial charge on any atom is -0.361 e. The van der Waals surface area contributed by atoms with Crippen LogP contribution in [0, 0.1) is 6.92 Å². The molecular formula is C8H10BNO. The van der Waals surface area contributed by atoms with Crippen molar-refractivity contribution in [3.63, 3.8) is 0 Å². The van der Waals surface area contributed by atoms with Gasteiger partial charge in [-0.2, -0.15) is 0 Å².